The molecule has 0 spiro atoms. The summed E-state index contributed by atoms with van der Waals surface area (Å²) in [5.74, 6) is -1.60. The number of nitrogens with two attached hydrogens (primary N) is 2. The number of anilines is 2. The van der Waals surface area contributed by atoms with Gasteiger partial charge in [-0.25, -0.2) is 27.3 Å². The molecule has 31 heteroatoms. The molecular formula is C21H30N10O15P3S3+. The summed E-state index contributed by atoms with van der Waals surface area (Å²) >= 11 is 4.86. The minimum Gasteiger partial charge on any atom is -0.387 e. The lowest BCUT2D eigenvalue weighted by Gasteiger charge is -2.22. The van der Waals surface area contributed by atoms with Crippen molar-refractivity contribution >= 4 is 89.1 Å². The van der Waals surface area contributed by atoms with Crippen molar-refractivity contribution in [3.8, 4) is 0 Å². The lowest BCUT2D eigenvalue weighted by atomic mass is 10.1. The Kier molecular flexibility index (Phi) is 10.9. The predicted molar refractivity (Wildman–Crippen MR) is 184 cm³/mol. The van der Waals surface area contributed by atoms with Gasteiger partial charge in [0.15, 0.2) is 23.7 Å². The van der Waals surface area contributed by atoms with Gasteiger partial charge >= 0.3 is 26.0 Å². The molecule has 13 N–H and O–H groups in total. The second kappa shape index (κ2) is 14.4. The first-order valence-corrected chi connectivity index (χ1v) is 23.3. The zero-order chi connectivity index (χ0) is 38.1. The molecule has 2 saturated heterocycles. The molecule has 2 aliphatic rings. The third-order valence-corrected chi connectivity index (χ3v) is 17.8. The van der Waals surface area contributed by atoms with E-state index in [0.29, 0.717) is 0 Å². The first kappa shape index (κ1) is 39.4. The van der Waals surface area contributed by atoms with Gasteiger partial charge in [-0.3, -0.25) is 28.7 Å². The summed E-state index contributed by atoms with van der Waals surface area (Å²) in [6.45, 7) is -15.0. The van der Waals surface area contributed by atoms with Crippen LogP contribution in [-0.4, -0.2) is 117 Å². The number of aliphatic hydroxyl groups is 4. The highest BCUT2D eigenvalue weighted by molar-refractivity contribution is 8.56. The summed E-state index contributed by atoms with van der Waals surface area (Å²) in [6.07, 6.45) is -9.48. The zero-order valence-electron chi connectivity index (χ0n) is 26.0. The van der Waals surface area contributed by atoms with E-state index in [4.69, 9.17) is 32.7 Å². The van der Waals surface area contributed by atoms with E-state index in [9.17, 15) is 53.8 Å². The maximum absolute atomic E-state index is 12.8. The largest absolute Gasteiger partial charge is 0.393 e. The molecule has 2 aliphatic heterocycles. The lowest BCUT2D eigenvalue weighted by molar-refractivity contribution is -0.745. The topological polar surface area (TPSA) is 383 Å². The number of aromatic amines is 2. The average molecular weight is 852 g/mol. The van der Waals surface area contributed by atoms with Crippen molar-refractivity contribution < 1.29 is 66.9 Å². The molecule has 6 rings (SSSR count). The second-order valence-electron chi connectivity index (χ2n) is 11.3. The van der Waals surface area contributed by atoms with E-state index < -0.39 is 92.0 Å². The number of fused-ring (bicyclic) bond motifs is 2. The number of H-pyrrole nitrogens is 2. The van der Waals surface area contributed by atoms with Crippen LogP contribution in [0.2, 0.25) is 0 Å². The van der Waals surface area contributed by atoms with Gasteiger partial charge in [-0.2, -0.15) is 4.98 Å². The molecule has 52 heavy (non-hydrogen) atoms. The van der Waals surface area contributed by atoms with Crippen molar-refractivity contribution in [2.45, 2.75) is 49.1 Å². The Hall–Kier alpha value is -2.33. The summed E-state index contributed by atoms with van der Waals surface area (Å²) in [4.78, 5) is 72.1. The number of nitrogens with zero attached hydrogens (tertiary/aromatic N) is 6. The van der Waals surface area contributed by atoms with Gasteiger partial charge < -0.3 is 56.0 Å². The summed E-state index contributed by atoms with van der Waals surface area (Å²) in [5.41, 5.74) is 9.81. The lowest BCUT2D eigenvalue weighted by Crippen LogP contribution is -2.46. The highest BCUT2D eigenvalue weighted by Crippen LogP contribution is 2.74. The average Bonchev–Trinajstić information content (AvgIpc) is 3.74. The number of aliphatic hydroxyl groups excluding tert-OH is 4. The maximum atomic E-state index is 12.8. The number of aryl methyl sites for hydroxylation is 1. The fourth-order valence-electron chi connectivity index (χ4n) is 5.44. The van der Waals surface area contributed by atoms with Crippen LogP contribution >= 0.6 is 43.1 Å². The van der Waals surface area contributed by atoms with Crippen molar-refractivity contribution in [3.63, 3.8) is 0 Å². The third-order valence-electron chi connectivity index (χ3n) is 7.68. The molecular weight excluding hydrogens is 821 g/mol. The minimum absolute atomic E-state index is 0.00594. The molecule has 11 atom stereocenters. The Morgan fingerprint density at radius 3 is 2.12 bits per heavy atom. The van der Waals surface area contributed by atoms with E-state index in [-0.39, 0.29) is 57.0 Å². The molecule has 6 heterocycles. The number of imidazole rings is 2. The first-order valence-electron chi connectivity index (χ1n) is 14.4. The maximum Gasteiger partial charge on any atom is 0.393 e. The molecule has 0 aromatic carbocycles. The highest BCUT2D eigenvalue weighted by atomic mass is 32.7. The van der Waals surface area contributed by atoms with Gasteiger partial charge in [0.25, 0.3) is 17.1 Å². The van der Waals surface area contributed by atoms with Gasteiger partial charge in [-0.1, -0.05) is 4.98 Å². The van der Waals surface area contributed by atoms with Gasteiger partial charge in [0, 0.05) is 11.5 Å². The van der Waals surface area contributed by atoms with E-state index in [1.807, 2.05) is 0 Å². The summed E-state index contributed by atoms with van der Waals surface area (Å²) in [7, 11) is 1.51. The molecule has 286 valence electrons. The van der Waals surface area contributed by atoms with Crippen molar-refractivity contribution in [2.24, 2.45) is 7.05 Å². The summed E-state index contributed by atoms with van der Waals surface area (Å²) in [6, 6.07) is 0. The molecule has 4 aromatic heterocycles. The van der Waals surface area contributed by atoms with E-state index in [0.717, 1.165) is 10.9 Å². The predicted octanol–water partition coefficient (Wildman–Crippen LogP) is -3.00. The van der Waals surface area contributed by atoms with Crippen LogP contribution in [0.3, 0.4) is 0 Å². The van der Waals surface area contributed by atoms with Crippen LogP contribution in [0.4, 0.5) is 11.9 Å². The Labute approximate surface area is 301 Å². The van der Waals surface area contributed by atoms with Crippen molar-refractivity contribution in [1.82, 2.24) is 34.1 Å². The highest BCUT2D eigenvalue weighted by Gasteiger charge is 2.49. The van der Waals surface area contributed by atoms with E-state index >= 15 is 0 Å². The number of rotatable bonds is 12. The standard InChI is InChI=1S/C21H29N10O15P3S3/c1-29-5-31(15-9(29)17(37)28-21(23)26-15)19-13(35)11(33)7(44-19)3-52-48(40,41)46-49(42,50)45-47(38,39)51-2-6-10(32)12(34)18(43-6)30-4-24-8-14(30)25-20(22)27-16(8)36/h4-7,10-13,18-19,32-35H,2-3H2,1H3,(H8-,22,23,25,26,27,28,36,37,38,39,40,41,42,50)/p+1/t6-,7-,10-,11-,12-,13-,18-,19-,49?/m1/s1. The SMILES string of the molecule is Cn1c[n+]([C@@H]2O[C@H](CSP(=O)(O)OP(O)(=S)OP(=O)(O)SC[C@H]3O[C@@H](n4cnc5c(=O)[nH]c(N)nc54)[C@H](O)[C@@H]3O)[C@@H](O)[C@H]2O)c2nc(N)[nH]c(=O)c21. The summed E-state index contributed by atoms with van der Waals surface area (Å²) < 4.78 is 50.0. The molecule has 0 aliphatic carbocycles. The van der Waals surface area contributed by atoms with Crippen molar-refractivity contribution in [2.75, 3.05) is 23.0 Å². The Morgan fingerprint density at radius 1 is 0.923 bits per heavy atom. The fourth-order valence-corrected chi connectivity index (χ4v) is 16.4. The van der Waals surface area contributed by atoms with E-state index in [1.165, 1.54) is 22.5 Å². The van der Waals surface area contributed by atoms with Crippen molar-refractivity contribution in [3.05, 3.63) is 33.4 Å². The monoisotopic (exact) mass is 851 g/mol. The van der Waals surface area contributed by atoms with Crippen LogP contribution < -0.4 is 27.2 Å². The van der Waals surface area contributed by atoms with E-state index in [1.54, 1.807) is 0 Å². The van der Waals surface area contributed by atoms with Crippen LogP contribution in [0, 0.1) is 0 Å². The molecule has 3 unspecified atom stereocenters. The third kappa shape index (κ3) is 7.90. The number of ether oxygens (including phenoxy) is 2. The van der Waals surface area contributed by atoms with Crippen LogP contribution in [0.15, 0.2) is 22.2 Å². The van der Waals surface area contributed by atoms with Gasteiger partial charge in [0.05, 0.1) is 25.6 Å². The van der Waals surface area contributed by atoms with Gasteiger partial charge in [0.1, 0.15) is 24.4 Å². The summed E-state index contributed by atoms with van der Waals surface area (Å²) in [5, 5.41) is 42.5. The van der Waals surface area contributed by atoms with Gasteiger partial charge in [-0.05, 0) is 34.6 Å². The number of hydrogen-bond acceptors (Lipinski definition) is 20. The molecule has 25 nitrogen and oxygen atoms in total. The van der Waals surface area contributed by atoms with Crippen LogP contribution in [0.25, 0.3) is 22.3 Å². The second-order valence-corrected chi connectivity index (χ2v) is 22.3. The van der Waals surface area contributed by atoms with Gasteiger partial charge in [0.2, 0.25) is 17.7 Å². The van der Waals surface area contributed by atoms with Crippen LogP contribution in [-0.2, 0) is 46.1 Å². The number of nitrogens with one attached hydrogen (secondary N) is 2. The molecule has 0 amide bonds. The molecule has 0 bridgehead atoms. The molecule has 4 aromatic rings. The quantitative estimate of drug-likeness (QED) is 0.0500. The normalized spacial score (nSPS) is 30.1. The Balaban J connectivity index is 1.05. The number of hydrogen-bond donors (Lipinski definition) is 11. The molecule has 2 fully saturated rings. The zero-order valence-corrected chi connectivity index (χ0v) is 31.1. The van der Waals surface area contributed by atoms with Crippen molar-refractivity contribution in [1.29, 1.82) is 0 Å². The first-order chi connectivity index (χ1) is 24.2. The Bertz CT molecular complexity index is 2290. The number of aromatic nitrogens is 8. The molecule has 0 radical (unpaired) electrons. The van der Waals surface area contributed by atoms with Gasteiger partial charge in [-0.15, -0.1) is 0 Å². The Morgan fingerprint density at radius 2 is 1.48 bits per heavy atom. The minimum atomic E-state index is -5.02. The van der Waals surface area contributed by atoms with Crippen LogP contribution in [0.5, 0.6) is 0 Å². The van der Waals surface area contributed by atoms with E-state index in [2.05, 4.69) is 33.5 Å². The number of nitrogen functional groups attached to an aromatic ring is 2. The fraction of sp³-hybridized carbons (Fsp3) is 0.524. The smallest absolute Gasteiger partial charge is 0.387 e. The molecule has 0 saturated carbocycles. The van der Waals surface area contributed by atoms with Crippen LogP contribution in [0.1, 0.15) is 12.5 Å².